The predicted molar refractivity (Wildman–Crippen MR) is 95.0 cm³/mol. The highest BCUT2D eigenvalue weighted by Gasteiger charge is 2.30. The van der Waals surface area contributed by atoms with E-state index in [-0.39, 0.29) is 0 Å². The van der Waals surface area contributed by atoms with Crippen molar-refractivity contribution < 1.29 is 0 Å². The lowest BCUT2D eigenvalue weighted by Crippen LogP contribution is -2.55. The van der Waals surface area contributed by atoms with Crippen LogP contribution in [0.25, 0.3) is 0 Å². The third-order valence-corrected chi connectivity index (χ3v) is 5.57. The van der Waals surface area contributed by atoms with Gasteiger partial charge in [0.2, 0.25) is 0 Å². The first kappa shape index (κ1) is 16.9. The number of thioether (sulfide) groups is 1. The van der Waals surface area contributed by atoms with Gasteiger partial charge in [0, 0.05) is 37.5 Å². The molecule has 3 atom stereocenters. The zero-order chi connectivity index (χ0) is 15.1. The van der Waals surface area contributed by atoms with Crippen molar-refractivity contribution in [2.24, 2.45) is 5.92 Å². The van der Waals surface area contributed by atoms with Crippen LogP contribution in [0.4, 0.5) is 0 Å². The molecule has 0 saturated carbocycles. The van der Waals surface area contributed by atoms with E-state index < -0.39 is 0 Å². The van der Waals surface area contributed by atoms with Crippen molar-refractivity contribution >= 4 is 11.8 Å². The molecule has 1 aromatic carbocycles. The maximum absolute atomic E-state index is 3.79. The van der Waals surface area contributed by atoms with Crippen molar-refractivity contribution in [1.29, 1.82) is 0 Å². The third kappa shape index (κ3) is 4.73. The first-order valence-corrected chi connectivity index (χ1v) is 9.51. The molecule has 0 amide bonds. The van der Waals surface area contributed by atoms with Crippen molar-refractivity contribution in [3.05, 3.63) is 35.9 Å². The summed E-state index contributed by atoms with van der Waals surface area (Å²) in [6.07, 6.45) is 1.26. The molecule has 0 aliphatic carbocycles. The molecule has 1 fully saturated rings. The van der Waals surface area contributed by atoms with Crippen LogP contribution in [0.3, 0.4) is 0 Å². The van der Waals surface area contributed by atoms with Gasteiger partial charge in [-0.15, -0.1) is 0 Å². The molecule has 1 aromatic rings. The smallest absolute Gasteiger partial charge is 0.0473 e. The fraction of sp³-hybridized carbons (Fsp3) is 0.667. The summed E-state index contributed by atoms with van der Waals surface area (Å²) >= 11 is 2.05. The summed E-state index contributed by atoms with van der Waals surface area (Å²) in [4.78, 5) is 2.70. The molecule has 0 radical (unpaired) electrons. The van der Waals surface area contributed by atoms with E-state index in [1.807, 2.05) is 0 Å². The fourth-order valence-electron chi connectivity index (χ4n) is 3.08. The molecule has 21 heavy (non-hydrogen) atoms. The first-order chi connectivity index (χ1) is 10.3. The molecule has 1 aliphatic heterocycles. The lowest BCUT2D eigenvalue weighted by atomic mass is 9.93. The zero-order valence-electron chi connectivity index (χ0n) is 13.7. The van der Waals surface area contributed by atoms with E-state index >= 15 is 0 Å². The van der Waals surface area contributed by atoms with Gasteiger partial charge in [0.1, 0.15) is 0 Å². The number of nitrogens with zero attached hydrogens (tertiary/aromatic N) is 1. The van der Waals surface area contributed by atoms with Crippen molar-refractivity contribution in [2.45, 2.75) is 39.3 Å². The second-order valence-electron chi connectivity index (χ2n) is 6.02. The van der Waals surface area contributed by atoms with Gasteiger partial charge < -0.3 is 5.32 Å². The zero-order valence-corrected chi connectivity index (χ0v) is 14.5. The van der Waals surface area contributed by atoms with Crippen LogP contribution in [0, 0.1) is 5.92 Å². The standard InChI is InChI=1S/C18H30N2S/c1-4-15(3)17-14-20(11-12-21-5-2)18(13-19-17)16-9-7-6-8-10-16/h6-10,15,17-19H,4-5,11-14H2,1-3H3. The van der Waals surface area contributed by atoms with E-state index in [2.05, 4.69) is 73.1 Å². The number of piperazine rings is 1. The Morgan fingerprint density at radius 3 is 2.71 bits per heavy atom. The Bertz CT molecular complexity index is 395. The highest BCUT2D eigenvalue weighted by molar-refractivity contribution is 7.99. The molecule has 1 aliphatic rings. The van der Waals surface area contributed by atoms with E-state index in [0.29, 0.717) is 12.1 Å². The average molecular weight is 307 g/mol. The maximum atomic E-state index is 3.79. The Morgan fingerprint density at radius 1 is 1.29 bits per heavy atom. The molecule has 3 heteroatoms. The Hall–Kier alpha value is -0.510. The summed E-state index contributed by atoms with van der Waals surface area (Å²) in [5, 5.41) is 3.79. The quantitative estimate of drug-likeness (QED) is 0.771. The predicted octanol–water partition coefficient (Wildman–Crippen LogP) is 3.80. The van der Waals surface area contributed by atoms with Crippen LogP contribution in [0.5, 0.6) is 0 Å². The van der Waals surface area contributed by atoms with Crippen LogP contribution < -0.4 is 5.32 Å². The van der Waals surface area contributed by atoms with Gasteiger partial charge in [-0.3, -0.25) is 4.90 Å². The lowest BCUT2D eigenvalue weighted by molar-refractivity contribution is 0.116. The molecule has 1 N–H and O–H groups in total. The Balaban J connectivity index is 2.04. The molecule has 3 unspecified atom stereocenters. The monoisotopic (exact) mass is 306 g/mol. The van der Waals surface area contributed by atoms with E-state index in [1.165, 1.54) is 36.6 Å². The van der Waals surface area contributed by atoms with Crippen LogP contribution in [-0.2, 0) is 0 Å². The summed E-state index contributed by atoms with van der Waals surface area (Å²) in [5.41, 5.74) is 1.45. The van der Waals surface area contributed by atoms with Gasteiger partial charge in [0.05, 0.1) is 0 Å². The van der Waals surface area contributed by atoms with Crippen molar-refractivity contribution in [1.82, 2.24) is 10.2 Å². The number of hydrogen-bond acceptors (Lipinski definition) is 3. The SMILES string of the molecule is CCSCCN1CC(C(C)CC)NCC1c1ccccc1. The molecule has 2 nitrogen and oxygen atoms in total. The Morgan fingerprint density at radius 2 is 2.05 bits per heavy atom. The summed E-state index contributed by atoms with van der Waals surface area (Å²) in [6, 6.07) is 12.2. The first-order valence-electron chi connectivity index (χ1n) is 8.36. The molecule has 1 heterocycles. The number of benzene rings is 1. The van der Waals surface area contributed by atoms with Gasteiger partial charge in [0.15, 0.2) is 0 Å². The molecule has 118 valence electrons. The molecule has 0 aromatic heterocycles. The minimum Gasteiger partial charge on any atom is -0.311 e. The minimum absolute atomic E-state index is 0.531. The third-order valence-electron chi connectivity index (χ3n) is 4.69. The lowest BCUT2D eigenvalue weighted by Gasteiger charge is -2.42. The van der Waals surface area contributed by atoms with Crippen molar-refractivity contribution in [3.8, 4) is 0 Å². The van der Waals surface area contributed by atoms with E-state index in [4.69, 9.17) is 0 Å². The van der Waals surface area contributed by atoms with Crippen LogP contribution in [-0.4, -0.2) is 42.1 Å². The molecular formula is C18H30N2S. The van der Waals surface area contributed by atoms with Crippen molar-refractivity contribution in [2.75, 3.05) is 31.1 Å². The van der Waals surface area contributed by atoms with E-state index in [0.717, 1.165) is 12.5 Å². The fourth-order valence-corrected chi connectivity index (χ4v) is 3.73. The minimum atomic E-state index is 0.531. The molecule has 0 bridgehead atoms. The topological polar surface area (TPSA) is 15.3 Å². The van der Waals surface area contributed by atoms with Gasteiger partial charge >= 0.3 is 0 Å². The highest BCUT2D eigenvalue weighted by atomic mass is 32.2. The molecular weight excluding hydrogens is 276 g/mol. The number of rotatable bonds is 7. The van der Waals surface area contributed by atoms with Gasteiger partial charge in [-0.25, -0.2) is 0 Å². The summed E-state index contributed by atoms with van der Waals surface area (Å²) in [7, 11) is 0. The van der Waals surface area contributed by atoms with Gasteiger partial charge in [0.25, 0.3) is 0 Å². The Labute approximate surface area is 134 Å². The molecule has 0 spiro atoms. The average Bonchev–Trinajstić information content (AvgIpc) is 2.55. The normalized spacial score (nSPS) is 24.9. The van der Waals surface area contributed by atoms with Crippen LogP contribution in [0.1, 0.15) is 38.8 Å². The second-order valence-corrected chi connectivity index (χ2v) is 7.41. The number of nitrogens with one attached hydrogen (secondary N) is 1. The summed E-state index contributed by atoms with van der Waals surface area (Å²) in [5.74, 6) is 3.22. The summed E-state index contributed by atoms with van der Waals surface area (Å²) in [6.45, 7) is 10.4. The summed E-state index contributed by atoms with van der Waals surface area (Å²) < 4.78 is 0. The van der Waals surface area contributed by atoms with E-state index in [9.17, 15) is 0 Å². The highest BCUT2D eigenvalue weighted by Crippen LogP contribution is 2.26. The second kappa shape index (κ2) is 8.82. The van der Waals surface area contributed by atoms with E-state index in [1.54, 1.807) is 0 Å². The van der Waals surface area contributed by atoms with Crippen LogP contribution in [0.2, 0.25) is 0 Å². The van der Waals surface area contributed by atoms with Crippen LogP contribution >= 0.6 is 11.8 Å². The molecule has 2 rings (SSSR count). The maximum Gasteiger partial charge on any atom is 0.0473 e. The molecule has 1 saturated heterocycles. The largest absolute Gasteiger partial charge is 0.311 e. The van der Waals surface area contributed by atoms with Gasteiger partial charge in [-0.1, -0.05) is 57.5 Å². The van der Waals surface area contributed by atoms with Gasteiger partial charge in [-0.05, 0) is 17.2 Å². The number of hydrogen-bond donors (Lipinski definition) is 1. The van der Waals surface area contributed by atoms with Crippen molar-refractivity contribution in [3.63, 3.8) is 0 Å². The van der Waals surface area contributed by atoms with Crippen LogP contribution in [0.15, 0.2) is 30.3 Å². The Kier molecular flexibility index (Phi) is 7.08. The van der Waals surface area contributed by atoms with Gasteiger partial charge in [-0.2, -0.15) is 11.8 Å².